The van der Waals surface area contributed by atoms with Crippen molar-refractivity contribution in [2.24, 2.45) is 0 Å². The molecule has 6 atom stereocenters. The molecule has 0 bridgehead atoms. The van der Waals surface area contributed by atoms with Gasteiger partial charge in [-0.05, 0) is 77.0 Å². The van der Waals surface area contributed by atoms with Crippen LogP contribution in [0.15, 0.2) is 48.6 Å². The number of aliphatic hydroxyl groups excluding tert-OH is 2. The summed E-state index contributed by atoms with van der Waals surface area (Å²) in [5.41, 5.74) is 0. The predicted molar refractivity (Wildman–Crippen MR) is 303 cm³/mol. The second-order valence-corrected chi connectivity index (χ2v) is 21.0. The Morgan fingerprint density at radius 2 is 0.840 bits per heavy atom. The topological polar surface area (TPSA) is 175 Å². The van der Waals surface area contributed by atoms with E-state index in [2.05, 4.69) is 69.4 Å². The van der Waals surface area contributed by atoms with Crippen molar-refractivity contribution in [3.63, 3.8) is 0 Å². The Labute approximate surface area is 456 Å². The Kier molecular flexibility index (Phi) is 47.8. The Balaban J connectivity index is 2.68. The molecular weight excluding hydrogens is 949 g/mol. The van der Waals surface area contributed by atoms with Gasteiger partial charge in [0.1, 0.15) is 18.8 Å². The molecule has 0 amide bonds. The number of esters is 3. The second kappa shape index (κ2) is 51.4. The van der Waals surface area contributed by atoms with Crippen molar-refractivity contribution in [3.8, 4) is 0 Å². The first-order valence-corrected chi connectivity index (χ1v) is 30.6. The van der Waals surface area contributed by atoms with Crippen LogP contribution in [0.3, 0.4) is 0 Å². The lowest BCUT2D eigenvalue weighted by molar-refractivity contribution is -0.301. The van der Waals surface area contributed by atoms with Crippen molar-refractivity contribution in [3.05, 3.63) is 48.6 Å². The minimum absolute atomic E-state index is 0.0624. The van der Waals surface area contributed by atoms with Gasteiger partial charge in [-0.3, -0.25) is 14.4 Å². The van der Waals surface area contributed by atoms with Crippen LogP contribution in [-0.4, -0.2) is 89.2 Å². The lowest BCUT2D eigenvalue weighted by Gasteiger charge is -2.40. The number of carboxylic acid groups (broad SMARTS) is 1. The van der Waals surface area contributed by atoms with Gasteiger partial charge in [-0.25, -0.2) is 4.79 Å². The predicted octanol–water partition coefficient (Wildman–Crippen LogP) is 15.8. The monoisotopic (exact) mass is 1060 g/mol. The zero-order valence-electron chi connectivity index (χ0n) is 47.8. The number of aliphatic hydroxyl groups is 2. The zero-order chi connectivity index (χ0) is 54.7. The number of hydrogen-bond acceptors (Lipinski definition) is 11. The Bertz CT molecular complexity index is 1490. The van der Waals surface area contributed by atoms with Crippen LogP contribution in [0.4, 0.5) is 0 Å². The number of allylic oxidation sites excluding steroid dienone is 8. The third-order valence-electron chi connectivity index (χ3n) is 13.9. The van der Waals surface area contributed by atoms with Crippen LogP contribution in [0, 0.1) is 0 Å². The molecule has 1 aliphatic heterocycles. The van der Waals surface area contributed by atoms with E-state index >= 15 is 0 Å². The first-order valence-electron chi connectivity index (χ1n) is 30.6. The van der Waals surface area contributed by atoms with Crippen LogP contribution in [0.1, 0.15) is 278 Å². The number of aliphatic carboxylic acids is 1. The van der Waals surface area contributed by atoms with Gasteiger partial charge in [0.15, 0.2) is 24.6 Å². The number of carboxylic acids is 1. The van der Waals surface area contributed by atoms with Crippen LogP contribution in [0.25, 0.3) is 0 Å². The van der Waals surface area contributed by atoms with Gasteiger partial charge in [0, 0.05) is 19.3 Å². The fourth-order valence-electron chi connectivity index (χ4n) is 9.20. The van der Waals surface area contributed by atoms with Crippen LogP contribution in [-0.2, 0) is 42.9 Å². The van der Waals surface area contributed by atoms with Gasteiger partial charge in [-0.2, -0.15) is 0 Å². The van der Waals surface area contributed by atoms with E-state index in [0.29, 0.717) is 19.3 Å². The molecule has 1 aliphatic rings. The molecule has 0 spiro atoms. The highest BCUT2D eigenvalue weighted by Gasteiger charge is 2.50. The molecule has 0 radical (unpaired) electrons. The molecular formula is C63H110O12. The van der Waals surface area contributed by atoms with E-state index in [4.69, 9.17) is 23.7 Å². The average Bonchev–Trinajstić information content (AvgIpc) is 3.39. The first kappa shape index (κ1) is 69.7. The second-order valence-electron chi connectivity index (χ2n) is 21.0. The number of hydrogen-bond donors (Lipinski definition) is 3. The third-order valence-corrected chi connectivity index (χ3v) is 13.9. The van der Waals surface area contributed by atoms with E-state index in [9.17, 15) is 34.5 Å². The summed E-state index contributed by atoms with van der Waals surface area (Å²) in [5.74, 6) is -3.12. The summed E-state index contributed by atoms with van der Waals surface area (Å²) in [5, 5.41) is 31.5. The molecule has 0 aromatic rings. The van der Waals surface area contributed by atoms with Gasteiger partial charge in [0.05, 0.1) is 6.61 Å². The molecule has 3 N–H and O–H groups in total. The first-order chi connectivity index (χ1) is 36.6. The summed E-state index contributed by atoms with van der Waals surface area (Å²) >= 11 is 0. The van der Waals surface area contributed by atoms with Crippen molar-refractivity contribution in [2.75, 3.05) is 13.2 Å². The van der Waals surface area contributed by atoms with Gasteiger partial charge in [0.25, 0.3) is 0 Å². The van der Waals surface area contributed by atoms with Crippen molar-refractivity contribution in [1.29, 1.82) is 0 Å². The number of carbonyl (C=O) groups excluding carboxylic acids is 3. The standard InChI is InChI=1S/C63H110O12/c1-4-7-10-13-16-19-22-25-27-28-30-32-34-37-40-43-46-49-55(64)71-52-54(73-56(65)50-47-44-41-38-36-33-29-26-23-20-17-14-11-8-5-2)53-72-63-61(59(68)58(67)60(75-63)62(69)70)74-57(66)51-48-45-42-39-35-31-24-21-18-15-12-9-6-3/h7,10,16,19,25-27,29,54,58-61,63,67-68H,4-6,8-9,11-15,17-18,20-24,28,30-53H2,1-3H3,(H,69,70)/b10-7-,19-16-,27-25-,29-26-. The molecule has 0 aliphatic carbocycles. The summed E-state index contributed by atoms with van der Waals surface area (Å²) in [6, 6.07) is 0. The number of unbranched alkanes of at least 4 members (excludes halogenated alkanes) is 30. The Morgan fingerprint density at radius 1 is 0.453 bits per heavy atom. The summed E-state index contributed by atoms with van der Waals surface area (Å²) in [4.78, 5) is 51.2. The molecule has 0 aromatic heterocycles. The molecule has 75 heavy (non-hydrogen) atoms. The maximum Gasteiger partial charge on any atom is 0.335 e. The lowest BCUT2D eigenvalue weighted by atomic mass is 9.98. The number of carbonyl (C=O) groups is 4. The molecule has 6 unspecified atom stereocenters. The van der Waals surface area contributed by atoms with Crippen molar-refractivity contribution < 1.29 is 58.2 Å². The molecule has 434 valence electrons. The fraction of sp³-hybridized carbons (Fsp3) is 0.810. The fourth-order valence-corrected chi connectivity index (χ4v) is 9.20. The highest BCUT2D eigenvalue weighted by molar-refractivity contribution is 5.74. The minimum atomic E-state index is -1.90. The van der Waals surface area contributed by atoms with Gasteiger partial charge in [-0.1, -0.05) is 230 Å². The zero-order valence-corrected chi connectivity index (χ0v) is 47.8. The van der Waals surface area contributed by atoms with Gasteiger partial charge in [0.2, 0.25) is 0 Å². The van der Waals surface area contributed by atoms with E-state index < -0.39 is 67.3 Å². The average molecular weight is 1060 g/mol. The van der Waals surface area contributed by atoms with Gasteiger partial charge in [-0.15, -0.1) is 0 Å². The minimum Gasteiger partial charge on any atom is -0.479 e. The largest absolute Gasteiger partial charge is 0.479 e. The number of rotatable bonds is 52. The molecule has 1 heterocycles. The SMILES string of the molecule is CC/C=C\C/C=C\C/C=C\CCCCCCCCCC(=O)OCC(COC1OC(C(=O)O)C(O)C(O)C1OC(=O)CCCCCCCCCCCCCCC)OC(=O)CCCCCCC/C=C\CCCCCCCC. The Morgan fingerprint density at radius 3 is 1.29 bits per heavy atom. The Hall–Kier alpha value is -3.32. The van der Waals surface area contributed by atoms with Crippen LogP contribution < -0.4 is 0 Å². The van der Waals surface area contributed by atoms with Crippen molar-refractivity contribution in [1.82, 2.24) is 0 Å². The van der Waals surface area contributed by atoms with E-state index in [1.165, 1.54) is 103 Å². The summed E-state index contributed by atoms with van der Waals surface area (Å²) in [7, 11) is 0. The quantitative estimate of drug-likeness (QED) is 0.0228. The van der Waals surface area contributed by atoms with E-state index in [0.717, 1.165) is 116 Å². The summed E-state index contributed by atoms with van der Waals surface area (Å²) < 4.78 is 28.5. The molecule has 12 heteroatoms. The molecule has 1 fully saturated rings. The molecule has 1 saturated heterocycles. The van der Waals surface area contributed by atoms with E-state index in [-0.39, 0.29) is 25.9 Å². The highest BCUT2D eigenvalue weighted by Crippen LogP contribution is 2.27. The molecule has 0 aromatic carbocycles. The molecule has 0 saturated carbocycles. The van der Waals surface area contributed by atoms with Crippen molar-refractivity contribution in [2.45, 2.75) is 314 Å². The lowest BCUT2D eigenvalue weighted by Crippen LogP contribution is -2.61. The van der Waals surface area contributed by atoms with Gasteiger partial charge >= 0.3 is 23.9 Å². The maximum atomic E-state index is 13.2. The smallest absolute Gasteiger partial charge is 0.335 e. The summed E-state index contributed by atoms with van der Waals surface area (Å²) in [6.45, 7) is 5.88. The van der Waals surface area contributed by atoms with E-state index in [1.807, 2.05) is 0 Å². The maximum absolute atomic E-state index is 13.2. The number of ether oxygens (including phenoxy) is 5. The third kappa shape index (κ3) is 41.5. The molecule has 1 rings (SSSR count). The van der Waals surface area contributed by atoms with Crippen molar-refractivity contribution >= 4 is 23.9 Å². The normalized spacial score (nSPS) is 18.4. The summed E-state index contributed by atoms with van der Waals surface area (Å²) in [6.07, 6.45) is 49.3. The molecule has 12 nitrogen and oxygen atoms in total. The van der Waals surface area contributed by atoms with Gasteiger partial charge < -0.3 is 39.0 Å². The highest BCUT2D eigenvalue weighted by atomic mass is 16.7. The van der Waals surface area contributed by atoms with Crippen LogP contribution in [0.2, 0.25) is 0 Å². The van der Waals surface area contributed by atoms with E-state index in [1.54, 1.807) is 0 Å². The van der Waals surface area contributed by atoms with Crippen LogP contribution in [0.5, 0.6) is 0 Å². The van der Waals surface area contributed by atoms with Crippen LogP contribution >= 0.6 is 0 Å².